The van der Waals surface area contributed by atoms with Gasteiger partial charge in [-0.15, -0.1) is 0 Å². The van der Waals surface area contributed by atoms with Crippen LogP contribution in [0.2, 0.25) is 0 Å². The SMILES string of the molecule is CC(C)OCCN(C)C(CN)c1ccc(C(F)(F)F)cc1. The van der Waals surface area contributed by atoms with E-state index < -0.39 is 11.7 Å². The quantitative estimate of drug-likeness (QED) is 0.841. The monoisotopic (exact) mass is 304 g/mol. The van der Waals surface area contributed by atoms with E-state index in [0.29, 0.717) is 19.7 Å². The zero-order valence-electron chi connectivity index (χ0n) is 12.7. The zero-order valence-corrected chi connectivity index (χ0v) is 12.7. The Labute approximate surface area is 123 Å². The lowest BCUT2D eigenvalue weighted by molar-refractivity contribution is -0.137. The van der Waals surface area contributed by atoms with Gasteiger partial charge in [-0.25, -0.2) is 0 Å². The van der Waals surface area contributed by atoms with Crippen molar-refractivity contribution in [1.29, 1.82) is 0 Å². The molecule has 1 rings (SSSR count). The molecule has 0 amide bonds. The van der Waals surface area contributed by atoms with Gasteiger partial charge in [0.1, 0.15) is 0 Å². The van der Waals surface area contributed by atoms with Crippen LogP contribution in [0.1, 0.15) is 31.0 Å². The highest BCUT2D eigenvalue weighted by molar-refractivity contribution is 5.27. The number of benzene rings is 1. The summed E-state index contributed by atoms with van der Waals surface area (Å²) in [7, 11) is 1.89. The number of ether oxygens (including phenoxy) is 1. The Morgan fingerprint density at radius 2 is 1.76 bits per heavy atom. The highest BCUT2D eigenvalue weighted by atomic mass is 19.4. The van der Waals surface area contributed by atoms with Crippen LogP contribution in [0.3, 0.4) is 0 Å². The molecule has 1 atom stereocenters. The van der Waals surface area contributed by atoms with Crippen LogP contribution < -0.4 is 5.73 Å². The summed E-state index contributed by atoms with van der Waals surface area (Å²) in [6.07, 6.45) is -4.16. The van der Waals surface area contributed by atoms with E-state index in [0.717, 1.165) is 17.7 Å². The van der Waals surface area contributed by atoms with E-state index >= 15 is 0 Å². The maximum absolute atomic E-state index is 12.6. The first kappa shape index (κ1) is 17.9. The van der Waals surface area contributed by atoms with Crippen molar-refractivity contribution in [2.24, 2.45) is 5.73 Å². The molecule has 3 nitrogen and oxygen atoms in total. The number of hydrogen-bond donors (Lipinski definition) is 1. The fourth-order valence-corrected chi connectivity index (χ4v) is 2.05. The number of nitrogens with zero attached hydrogens (tertiary/aromatic N) is 1. The maximum atomic E-state index is 12.6. The van der Waals surface area contributed by atoms with Crippen molar-refractivity contribution in [3.05, 3.63) is 35.4 Å². The minimum Gasteiger partial charge on any atom is -0.377 e. The van der Waals surface area contributed by atoms with E-state index in [9.17, 15) is 13.2 Å². The van der Waals surface area contributed by atoms with E-state index in [1.165, 1.54) is 12.1 Å². The van der Waals surface area contributed by atoms with E-state index in [2.05, 4.69) is 0 Å². The van der Waals surface area contributed by atoms with Gasteiger partial charge in [0.25, 0.3) is 0 Å². The number of hydrogen-bond acceptors (Lipinski definition) is 3. The molecule has 0 fully saturated rings. The van der Waals surface area contributed by atoms with Gasteiger partial charge in [-0.05, 0) is 38.6 Å². The van der Waals surface area contributed by atoms with E-state index in [1.807, 2.05) is 25.8 Å². The maximum Gasteiger partial charge on any atom is 0.416 e. The average Bonchev–Trinajstić information content (AvgIpc) is 2.38. The third kappa shape index (κ3) is 5.65. The molecule has 0 saturated carbocycles. The highest BCUT2D eigenvalue weighted by Crippen LogP contribution is 2.30. The first-order valence-electron chi connectivity index (χ1n) is 6.94. The van der Waals surface area contributed by atoms with Crippen molar-refractivity contribution in [1.82, 2.24) is 4.90 Å². The Kier molecular flexibility index (Phi) is 6.64. The van der Waals surface area contributed by atoms with Gasteiger partial charge in [0.2, 0.25) is 0 Å². The molecule has 0 spiro atoms. The topological polar surface area (TPSA) is 38.5 Å². The number of nitrogens with two attached hydrogens (primary N) is 1. The summed E-state index contributed by atoms with van der Waals surface area (Å²) in [6, 6.07) is 5.04. The second kappa shape index (κ2) is 7.77. The van der Waals surface area contributed by atoms with Crippen LogP contribution in [0.5, 0.6) is 0 Å². The van der Waals surface area contributed by atoms with Gasteiger partial charge in [0.05, 0.1) is 18.3 Å². The van der Waals surface area contributed by atoms with Gasteiger partial charge in [-0.2, -0.15) is 13.2 Å². The number of halogens is 3. The van der Waals surface area contributed by atoms with Gasteiger partial charge in [-0.1, -0.05) is 12.1 Å². The van der Waals surface area contributed by atoms with Gasteiger partial charge >= 0.3 is 6.18 Å². The molecule has 0 saturated heterocycles. The Morgan fingerprint density at radius 3 is 2.19 bits per heavy atom. The summed E-state index contributed by atoms with van der Waals surface area (Å²) in [4.78, 5) is 1.99. The van der Waals surface area contributed by atoms with Crippen LogP contribution in [0.15, 0.2) is 24.3 Å². The summed E-state index contributed by atoms with van der Waals surface area (Å²) in [6.45, 7) is 5.47. The molecule has 0 bridgehead atoms. The predicted molar refractivity (Wildman–Crippen MR) is 77.0 cm³/mol. The Hall–Kier alpha value is -1.11. The molecular weight excluding hydrogens is 281 g/mol. The lowest BCUT2D eigenvalue weighted by atomic mass is 10.0. The van der Waals surface area contributed by atoms with Crippen LogP contribution in [0.4, 0.5) is 13.2 Å². The molecule has 1 aromatic rings. The van der Waals surface area contributed by atoms with Gasteiger partial charge < -0.3 is 10.5 Å². The first-order valence-corrected chi connectivity index (χ1v) is 6.94. The van der Waals surface area contributed by atoms with Crippen LogP contribution >= 0.6 is 0 Å². The van der Waals surface area contributed by atoms with Crippen molar-refractivity contribution < 1.29 is 17.9 Å². The van der Waals surface area contributed by atoms with Crippen LogP contribution in [0, 0.1) is 0 Å². The first-order chi connectivity index (χ1) is 9.75. The molecule has 120 valence electrons. The van der Waals surface area contributed by atoms with E-state index in [4.69, 9.17) is 10.5 Å². The summed E-state index contributed by atoms with van der Waals surface area (Å²) in [5.74, 6) is 0. The van der Waals surface area contributed by atoms with Gasteiger partial charge in [0, 0.05) is 19.1 Å². The fraction of sp³-hybridized carbons (Fsp3) is 0.600. The minimum atomic E-state index is -4.31. The molecule has 0 radical (unpaired) electrons. The van der Waals surface area contributed by atoms with Crippen molar-refractivity contribution in [2.75, 3.05) is 26.7 Å². The summed E-state index contributed by atoms with van der Waals surface area (Å²) in [5, 5.41) is 0. The van der Waals surface area contributed by atoms with Gasteiger partial charge in [0.15, 0.2) is 0 Å². The largest absolute Gasteiger partial charge is 0.416 e. The molecule has 2 N–H and O–H groups in total. The number of rotatable bonds is 7. The lowest BCUT2D eigenvalue weighted by Gasteiger charge is -2.27. The van der Waals surface area contributed by atoms with E-state index in [1.54, 1.807) is 0 Å². The van der Waals surface area contributed by atoms with Crippen molar-refractivity contribution in [2.45, 2.75) is 32.2 Å². The molecule has 1 aromatic carbocycles. The molecule has 21 heavy (non-hydrogen) atoms. The van der Waals surface area contributed by atoms with Gasteiger partial charge in [-0.3, -0.25) is 4.90 Å². The molecule has 0 aromatic heterocycles. The number of alkyl halides is 3. The molecule has 0 aliphatic carbocycles. The highest BCUT2D eigenvalue weighted by Gasteiger charge is 2.30. The van der Waals surface area contributed by atoms with Crippen LogP contribution in [-0.2, 0) is 10.9 Å². The van der Waals surface area contributed by atoms with Crippen LogP contribution in [-0.4, -0.2) is 37.7 Å². The standard InChI is InChI=1S/C15H23F3N2O/c1-11(2)21-9-8-20(3)14(10-19)12-4-6-13(7-5-12)15(16,17)18/h4-7,11,14H,8-10,19H2,1-3H3. The summed E-state index contributed by atoms with van der Waals surface area (Å²) in [5.41, 5.74) is 5.89. The summed E-state index contributed by atoms with van der Waals surface area (Å²) < 4.78 is 43.1. The second-order valence-electron chi connectivity index (χ2n) is 5.27. The molecule has 0 aliphatic rings. The molecule has 0 heterocycles. The second-order valence-corrected chi connectivity index (χ2v) is 5.27. The molecule has 0 aliphatic heterocycles. The molecular formula is C15H23F3N2O. The average molecular weight is 304 g/mol. The van der Waals surface area contributed by atoms with Crippen LogP contribution in [0.25, 0.3) is 0 Å². The Bertz CT molecular complexity index is 418. The summed E-state index contributed by atoms with van der Waals surface area (Å²) >= 11 is 0. The molecule has 6 heteroatoms. The Morgan fingerprint density at radius 1 is 1.19 bits per heavy atom. The van der Waals surface area contributed by atoms with Crippen molar-refractivity contribution >= 4 is 0 Å². The third-order valence-electron chi connectivity index (χ3n) is 3.27. The number of likely N-dealkylation sites (N-methyl/N-ethyl adjacent to an activating group) is 1. The lowest BCUT2D eigenvalue weighted by Crippen LogP contribution is -2.33. The van der Waals surface area contributed by atoms with E-state index in [-0.39, 0.29) is 12.1 Å². The van der Waals surface area contributed by atoms with Crippen molar-refractivity contribution in [3.8, 4) is 0 Å². The Balaban J connectivity index is 2.71. The van der Waals surface area contributed by atoms with Crippen molar-refractivity contribution in [3.63, 3.8) is 0 Å². The molecule has 1 unspecified atom stereocenters. The normalized spacial score (nSPS) is 14.0. The third-order valence-corrected chi connectivity index (χ3v) is 3.27. The smallest absolute Gasteiger partial charge is 0.377 e. The minimum absolute atomic E-state index is 0.122. The fourth-order valence-electron chi connectivity index (χ4n) is 2.05. The zero-order chi connectivity index (χ0) is 16.0. The predicted octanol–water partition coefficient (Wildman–Crippen LogP) is 3.06.